The van der Waals surface area contributed by atoms with Gasteiger partial charge < -0.3 is 29.0 Å². The fourth-order valence-corrected chi connectivity index (χ4v) is 7.87. The number of piperidine rings is 1. The number of nitrogens with zero attached hydrogens (tertiary/aromatic N) is 1. The van der Waals surface area contributed by atoms with Crippen LogP contribution in [0.2, 0.25) is 0 Å². The average Bonchev–Trinajstić information content (AvgIpc) is 3.20. The van der Waals surface area contributed by atoms with Gasteiger partial charge in [-0.05, 0) is 98.9 Å². The molecule has 40 heavy (non-hydrogen) atoms. The smallest absolute Gasteiger partial charge is 0.323 e. The lowest BCUT2D eigenvalue weighted by molar-refractivity contribution is -0.204. The SMILES string of the molecule is CO[C@@]12CCC(N[C@@H](CCC(=O)OC(C)(C)C)C(=O)OC(C)(C)C)[C@@H]3Oc4c(O)ccc5c4[C@@]31CCN(C)C2C5. The number of phenols is 1. The Morgan fingerprint density at radius 3 is 2.50 bits per heavy atom. The third-order valence-corrected chi connectivity index (χ3v) is 9.22. The minimum Gasteiger partial charge on any atom is -0.504 e. The van der Waals surface area contributed by atoms with E-state index >= 15 is 0 Å². The quantitative estimate of drug-likeness (QED) is 0.485. The number of phenolic OH excluding ortho intramolecular Hbond substituents is 1. The third-order valence-electron chi connectivity index (χ3n) is 9.22. The number of methoxy groups -OCH3 is 1. The molecule has 6 atom stereocenters. The molecule has 222 valence electrons. The van der Waals surface area contributed by atoms with Gasteiger partial charge in [0, 0.05) is 31.2 Å². The predicted molar refractivity (Wildman–Crippen MR) is 150 cm³/mol. The van der Waals surface area contributed by atoms with Crippen LogP contribution in [0.5, 0.6) is 11.5 Å². The first kappa shape index (κ1) is 29.1. The Hall–Kier alpha value is -2.36. The molecule has 0 aromatic heterocycles. The maximum atomic E-state index is 13.5. The van der Waals surface area contributed by atoms with Crippen molar-refractivity contribution in [2.45, 2.75) is 127 Å². The number of ether oxygens (including phenoxy) is 4. The Labute approximate surface area is 237 Å². The van der Waals surface area contributed by atoms with Gasteiger partial charge >= 0.3 is 11.9 Å². The van der Waals surface area contributed by atoms with Crippen LogP contribution in [0, 0.1) is 0 Å². The van der Waals surface area contributed by atoms with Gasteiger partial charge in [0.15, 0.2) is 11.5 Å². The average molecular weight is 559 g/mol. The number of hydrogen-bond acceptors (Lipinski definition) is 9. The van der Waals surface area contributed by atoms with E-state index in [-0.39, 0.29) is 42.7 Å². The maximum Gasteiger partial charge on any atom is 0.323 e. The van der Waals surface area contributed by atoms with Gasteiger partial charge in [0.25, 0.3) is 0 Å². The fraction of sp³-hybridized carbons (Fsp3) is 0.742. The highest BCUT2D eigenvalue weighted by atomic mass is 16.6. The van der Waals surface area contributed by atoms with Gasteiger partial charge in [-0.1, -0.05) is 6.07 Å². The van der Waals surface area contributed by atoms with Crippen molar-refractivity contribution in [3.8, 4) is 11.5 Å². The maximum absolute atomic E-state index is 13.5. The second kappa shape index (κ2) is 9.88. The molecule has 2 N–H and O–H groups in total. The summed E-state index contributed by atoms with van der Waals surface area (Å²) >= 11 is 0. The van der Waals surface area contributed by atoms with Crippen LogP contribution in [0.4, 0.5) is 0 Å². The molecular formula is C31H46N2O7. The summed E-state index contributed by atoms with van der Waals surface area (Å²) in [6.45, 7) is 11.9. The van der Waals surface area contributed by atoms with Crippen LogP contribution in [-0.2, 0) is 35.6 Å². The van der Waals surface area contributed by atoms with E-state index in [0.717, 1.165) is 31.4 Å². The van der Waals surface area contributed by atoms with E-state index < -0.39 is 34.2 Å². The van der Waals surface area contributed by atoms with Gasteiger partial charge in [-0.3, -0.25) is 14.9 Å². The molecule has 1 saturated carbocycles. The van der Waals surface area contributed by atoms with Gasteiger partial charge in [-0.2, -0.15) is 0 Å². The summed E-state index contributed by atoms with van der Waals surface area (Å²) in [5, 5.41) is 14.5. The molecule has 5 rings (SSSR count). The molecule has 4 aliphatic rings. The number of likely N-dealkylation sites (tertiary alicyclic amines) is 1. The standard InChI is InChI=1S/C31H46N2O7/c1-28(2,3)39-23(35)12-10-20(27(36)40-29(4,5)6)32-19-13-14-31(37-8)22-17-18-9-11-21(34)25-24(18)30(31,26(19)38-25)15-16-33(22)7/h9,11,19-20,22,26,32,34H,10,12-17H2,1-8H3/t19?,20-,22?,26-,30-,31+/m0/s1. The molecule has 1 spiro atoms. The van der Waals surface area contributed by atoms with Crippen LogP contribution >= 0.6 is 0 Å². The van der Waals surface area contributed by atoms with Crippen LogP contribution in [-0.4, -0.2) is 83.7 Å². The number of hydrogen-bond donors (Lipinski definition) is 2. The molecule has 2 aliphatic heterocycles. The molecule has 9 heteroatoms. The summed E-state index contributed by atoms with van der Waals surface area (Å²) < 4.78 is 24.5. The molecule has 0 radical (unpaired) electrons. The van der Waals surface area contributed by atoms with E-state index in [1.54, 1.807) is 13.2 Å². The molecule has 2 unspecified atom stereocenters. The lowest BCUT2D eigenvalue weighted by atomic mass is 9.48. The molecule has 2 fully saturated rings. The van der Waals surface area contributed by atoms with E-state index in [1.807, 2.05) is 47.6 Å². The first-order valence-corrected chi connectivity index (χ1v) is 14.6. The van der Waals surface area contributed by atoms with Crippen LogP contribution in [0.25, 0.3) is 0 Å². The van der Waals surface area contributed by atoms with Gasteiger partial charge in [0.2, 0.25) is 0 Å². The highest BCUT2D eigenvalue weighted by molar-refractivity contribution is 5.78. The van der Waals surface area contributed by atoms with E-state index in [2.05, 4.69) is 17.3 Å². The summed E-state index contributed by atoms with van der Waals surface area (Å²) in [5.41, 5.74) is 0.0244. The lowest BCUT2D eigenvalue weighted by Crippen LogP contribution is -2.78. The Kier molecular flexibility index (Phi) is 7.20. The molecule has 2 heterocycles. The fourth-order valence-electron chi connectivity index (χ4n) is 7.87. The Bertz CT molecular complexity index is 1170. The normalized spacial score (nSPS) is 31.6. The van der Waals surface area contributed by atoms with Gasteiger partial charge in [-0.25, -0.2) is 0 Å². The summed E-state index contributed by atoms with van der Waals surface area (Å²) in [4.78, 5) is 28.4. The first-order valence-electron chi connectivity index (χ1n) is 14.6. The number of likely N-dealkylation sites (N-methyl/N-ethyl adjacent to an activating group) is 1. The number of benzene rings is 1. The van der Waals surface area contributed by atoms with Crippen molar-refractivity contribution >= 4 is 11.9 Å². The number of nitrogens with one attached hydrogen (secondary N) is 1. The minimum atomic E-state index is -0.728. The summed E-state index contributed by atoms with van der Waals surface area (Å²) in [6.07, 6.45) is 3.10. The van der Waals surface area contributed by atoms with E-state index in [4.69, 9.17) is 18.9 Å². The summed E-state index contributed by atoms with van der Waals surface area (Å²) in [5.74, 6) is -0.0745. The Balaban J connectivity index is 1.48. The second-order valence-corrected chi connectivity index (χ2v) is 14.0. The molecule has 0 amide bonds. The van der Waals surface area contributed by atoms with Gasteiger partial charge in [0.1, 0.15) is 23.3 Å². The van der Waals surface area contributed by atoms with Gasteiger partial charge in [-0.15, -0.1) is 0 Å². The van der Waals surface area contributed by atoms with E-state index in [1.165, 1.54) is 5.56 Å². The van der Waals surface area contributed by atoms with Crippen LogP contribution in [0.1, 0.15) is 84.8 Å². The first-order chi connectivity index (χ1) is 18.6. The monoisotopic (exact) mass is 558 g/mol. The Morgan fingerprint density at radius 2 is 1.85 bits per heavy atom. The van der Waals surface area contributed by atoms with Crippen molar-refractivity contribution in [3.63, 3.8) is 0 Å². The van der Waals surface area contributed by atoms with Crippen molar-refractivity contribution in [2.24, 2.45) is 0 Å². The van der Waals surface area contributed by atoms with Crippen LogP contribution in [0.15, 0.2) is 12.1 Å². The zero-order chi connectivity index (χ0) is 29.3. The predicted octanol–water partition coefficient (Wildman–Crippen LogP) is 3.62. The zero-order valence-electron chi connectivity index (χ0n) is 25.3. The molecule has 1 aromatic carbocycles. The number of carbonyl (C=O) groups is 2. The molecule has 2 bridgehead atoms. The van der Waals surface area contributed by atoms with Crippen LogP contribution < -0.4 is 10.1 Å². The number of esters is 2. The van der Waals surface area contributed by atoms with Crippen molar-refractivity contribution in [2.75, 3.05) is 20.7 Å². The molecule has 2 aliphatic carbocycles. The zero-order valence-corrected chi connectivity index (χ0v) is 25.3. The third kappa shape index (κ3) is 4.68. The van der Waals surface area contributed by atoms with Crippen molar-refractivity contribution in [3.05, 3.63) is 23.3 Å². The topological polar surface area (TPSA) is 107 Å². The van der Waals surface area contributed by atoms with Gasteiger partial charge in [0.05, 0.1) is 11.0 Å². The van der Waals surface area contributed by atoms with E-state index in [9.17, 15) is 14.7 Å². The highest BCUT2D eigenvalue weighted by Gasteiger charge is 2.73. The van der Waals surface area contributed by atoms with Crippen LogP contribution in [0.3, 0.4) is 0 Å². The number of carbonyl (C=O) groups excluding carboxylic acids is 2. The largest absolute Gasteiger partial charge is 0.504 e. The van der Waals surface area contributed by atoms with Crippen molar-refractivity contribution < 1.29 is 33.6 Å². The molecule has 1 aromatic rings. The number of rotatable bonds is 7. The van der Waals surface area contributed by atoms with E-state index in [0.29, 0.717) is 12.2 Å². The summed E-state index contributed by atoms with van der Waals surface area (Å²) in [6, 6.07) is 2.98. The lowest BCUT2D eigenvalue weighted by Gasteiger charge is -2.65. The molecule has 9 nitrogen and oxygen atoms in total. The Morgan fingerprint density at radius 1 is 1.15 bits per heavy atom. The molecule has 1 saturated heterocycles. The second-order valence-electron chi connectivity index (χ2n) is 14.0. The van der Waals surface area contributed by atoms with Crippen molar-refractivity contribution in [1.82, 2.24) is 10.2 Å². The summed E-state index contributed by atoms with van der Waals surface area (Å²) in [7, 11) is 3.96. The van der Waals surface area contributed by atoms with Crippen molar-refractivity contribution in [1.29, 1.82) is 0 Å². The minimum absolute atomic E-state index is 0.0810. The highest BCUT2D eigenvalue weighted by Crippen LogP contribution is 2.66. The molecular weight excluding hydrogens is 512 g/mol. The number of aromatic hydroxyl groups is 1.